The Morgan fingerprint density at radius 1 is 1.14 bits per heavy atom. The molecule has 0 spiro atoms. The number of rotatable bonds is 3. The van der Waals surface area contributed by atoms with Crippen molar-refractivity contribution in [1.29, 1.82) is 0 Å². The maximum Gasteiger partial charge on any atom is 0.138 e. The Kier molecular flexibility index (Phi) is 4.02. The van der Waals surface area contributed by atoms with Gasteiger partial charge in [-0.15, -0.1) is 0 Å². The molecule has 0 unspecified atom stereocenters. The van der Waals surface area contributed by atoms with Crippen LogP contribution in [0.5, 0.6) is 5.75 Å². The molecule has 0 aliphatic carbocycles. The summed E-state index contributed by atoms with van der Waals surface area (Å²) >= 11 is 0. The van der Waals surface area contributed by atoms with E-state index in [1.165, 1.54) is 0 Å². The second-order valence-corrected chi connectivity index (χ2v) is 6.06. The van der Waals surface area contributed by atoms with E-state index in [9.17, 15) is 0 Å². The largest absolute Gasteiger partial charge is 0.496 e. The zero-order valence-electron chi connectivity index (χ0n) is 13.2. The van der Waals surface area contributed by atoms with Gasteiger partial charge in [0, 0.05) is 17.2 Å². The van der Waals surface area contributed by atoms with E-state index in [4.69, 9.17) is 10.5 Å². The lowest BCUT2D eigenvalue weighted by molar-refractivity contribution is 0.412. The third-order valence-corrected chi connectivity index (χ3v) is 3.08. The number of nitrogens with one attached hydrogen (secondary N) is 1. The molecule has 0 bridgehead atoms. The third-order valence-electron chi connectivity index (χ3n) is 3.08. The van der Waals surface area contributed by atoms with Crippen molar-refractivity contribution in [3.8, 4) is 5.75 Å². The highest BCUT2D eigenvalue weighted by Crippen LogP contribution is 2.26. The van der Waals surface area contributed by atoms with Crippen LogP contribution in [-0.2, 0) is 5.41 Å². The van der Waals surface area contributed by atoms with E-state index in [1.807, 2.05) is 25.1 Å². The quantitative estimate of drug-likeness (QED) is 0.904. The van der Waals surface area contributed by atoms with Crippen LogP contribution in [-0.4, -0.2) is 17.1 Å². The van der Waals surface area contributed by atoms with Crippen LogP contribution in [0.4, 0.5) is 17.3 Å². The summed E-state index contributed by atoms with van der Waals surface area (Å²) in [5.74, 6) is 2.73. The molecular formula is C16H22N4O. The van der Waals surface area contributed by atoms with Crippen molar-refractivity contribution >= 4 is 17.3 Å². The van der Waals surface area contributed by atoms with Gasteiger partial charge in [-0.05, 0) is 30.7 Å². The Hall–Kier alpha value is -2.30. The van der Waals surface area contributed by atoms with Gasteiger partial charge in [-0.2, -0.15) is 0 Å². The normalized spacial score (nSPS) is 11.3. The van der Waals surface area contributed by atoms with Crippen LogP contribution < -0.4 is 15.8 Å². The molecule has 0 radical (unpaired) electrons. The monoisotopic (exact) mass is 286 g/mol. The van der Waals surface area contributed by atoms with Crippen LogP contribution in [0.3, 0.4) is 0 Å². The summed E-state index contributed by atoms with van der Waals surface area (Å²) in [5, 5.41) is 3.26. The van der Waals surface area contributed by atoms with Gasteiger partial charge >= 0.3 is 0 Å². The van der Waals surface area contributed by atoms with Gasteiger partial charge < -0.3 is 15.8 Å². The number of benzene rings is 1. The predicted molar refractivity (Wildman–Crippen MR) is 86.2 cm³/mol. The highest BCUT2D eigenvalue weighted by Gasteiger charge is 2.18. The molecule has 0 amide bonds. The van der Waals surface area contributed by atoms with Gasteiger partial charge in [0.2, 0.25) is 0 Å². The van der Waals surface area contributed by atoms with Crippen LogP contribution in [0.15, 0.2) is 24.3 Å². The van der Waals surface area contributed by atoms with Crippen molar-refractivity contribution in [1.82, 2.24) is 9.97 Å². The first-order valence-corrected chi connectivity index (χ1v) is 6.86. The number of nitrogens with two attached hydrogens (primary N) is 1. The average molecular weight is 286 g/mol. The molecule has 5 heteroatoms. The van der Waals surface area contributed by atoms with E-state index in [1.54, 1.807) is 13.2 Å². The number of methoxy groups -OCH3 is 1. The first kappa shape index (κ1) is 15.1. The standard InChI is InChI=1S/C16H22N4O/c1-10-8-11(6-7-12(10)21-5)18-14-9-13(17)19-15(20-14)16(2,3)4/h6-9H,1-5H3,(H3,17,18,19,20). The number of hydrogen-bond donors (Lipinski definition) is 2. The van der Waals surface area contributed by atoms with Crippen LogP contribution in [0.25, 0.3) is 0 Å². The Morgan fingerprint density at radius 2 is 1.86 bits per heavy atom. The lowest BCUT2D eigenvalue weighted by Crippen LogP contribution is -2.17. The van der Waals surface area contributed by atoms with Gasteiger partial charge in [0.25, 0.3) is 0 Å². The second-order valence-electron chi connectivity index (χ2n) is 6.06. The summed E-state index contributed by atoms with van der Waals surface area (Å²) in [6, 6.07) is 7.61. The van der Waals surface area contributed by atoms with Gasteiger partial charge in [-0.25, -0.2) is 9.97 Å². The molecule has 0 aliphatic rings. The fraction of sp³-hybridized carbons (Fsp3) is 0.375. The summed E-state index contributed by atoms with van der Waals surface area (Å²) in [7, 11) is 1.66. The van der Waals surface area contributed by atoms with Gasteiger partial charge in [0.05, 0.1) is 7.11 Å². The summed E-state index contributed by atoms with van der Waals surface area (Å²) in [4.78, 5) is 8.84. The molecule has 2 aromatic rings. The minimum atomic E-state index is -0.151. The summed E-state index contributed by atoms with van der Waals surface area (Å²) in [5.41, 5.74) is 7.72. The fourth-order valence-electron chi connectivity index (χ4n) is 1.97. The van der Waals surface area contributed by atoms with E-state index in [-0.39, 0.29) is 5.41 Å². The molecule has 3 N–H and O–H groups in total. The van der Waals surface area contributed by atoms with E-state index in [0.29, 0.717) is 11.6 Å². The van der Waals surface area contributed by atoms with Crippen LogP contribution in [0, 0.1) is 6.92 Å². The molecule has 112 valence electrons. The van der Waals surface area contributed by atoms with E-state index >= 15 is 0 Å². The van der Waals surface area contributed by atoms with Crippen molar-refractivity contribution in [2.45, 2.75) is 33.1 Å². The van der Waals surface area contributed by atoms with Crippen LogP contribution >= 0.6 is 0 Å². The smallest absolute Gasteiger partial charge is 0.138 e. The van der Waals surface area contributed by atoms with Crippen molar-refractivity contribution in [2.24, 2.45) is 0 Å². The molecule has 0 fully saturated rings. The molecule has 0 atom stereocenters. The Bertz CT molecular complexity index is 647. The summed E-state index contributed by atoms with van der Waals surface area (Å²) in [6.45, 7) is 8.17. The molecule has 1 aromatic heterocycles. The van der Waals surface area contributed by atoms with Crippen LogP contribution in [0.2, 0.25) is 0 Å². The summed E-state index contributed by atoms with van der Waals surface area (Å²) in [6.07, 6.45) is 0. The lowest BCUT2D eigenvalue weighted by Gasteiger charge is -2.18. The van der Waals surface area contributed by atoms with Gasteiger partial charge in [-0.1, -0.05) is 20.8 Å². The van der Waals surface area contributed by atoms with E-state index in [0.717, 1.165) is 22.8 Å². The third kappa shape index (κ3) is 3.62. The maximum absolute atomic E-state index is 5.87. The predicted octanol–water partition coefficient (Wildman–Crippen LogP) is 3.42. The number of anilines is 3. The molecule has 0 saturated heterocycles. The minimum Gasteiger partial charge on any atom is -0.496 e. The first-order valence-electron chi connectivity index (χ1n) is 6.86. The molecule has 1 aromatic carbocycles. The number of hydrogen-bond acceptors (Lipinski definition) is 5. The molecular weight excluding hydrogens is 264 g/mol. The molecule has 2 rings (SSSR count). The van der Waals surface area contributed by atoms with Gasteiger partial charge in [0.1, 0.15) is 23.2 Å². The van der Waals surface area contributed by atoms with Gasteiger partial charge in [-0.3, -0.25) is 0 Å². The number of ether oxygens (including phenoxy) is 1. The van der Waals surface area contributed by atoms with Crippen LogP contribution in [0.1, 0.15) is 32.2 Å². The van der Waals surface area contributed by atoms with Crippen molar-refractivity contribution in [3.05, 3.63) is 35.7 Å². The van der Waals surface area contributed by atoms with E-state index in [2.05, 4.69) is 36.1 Å². The fourth-order valence-corrected chi connectivity index (χ4v) is 1.97. The number of aryl methyl sites for hydroxylation is 1. The van der Waals surface area contributed by atoms with E-state index < -0.39 is 0 Å². The Labute approximate surface area is 125 Å². The SMILES string of the molecule is COc1ccc(Nc2cc(N)nc(C(C)(C)C)n2)cc1C. The topological polar surface area (TPSA) is 73.1 Å². The number of aromatic nitrogens is 2. The minimum absolute atomic E-state index is 0.151. The first-order chi connectivity index (χ1) is 9.79. The average Bonchev–Trinajstić information content (AvgIpc) is 2.37. The second kappa shape index (κ2) is 5.60. The lowest BCUT2D eigenvalue weighted by atomic mass is 9.96. The molecule has 0 saturated carbocycles. The molecule has 0 aliphatic heterocycles. The highest BCUT2D eigenvalue weighted by molar-refractivity contribution is 5.61. The maximum atomic E-state index is 5.87. The molecule has 5 nitrogen and oxygen atoms in total. The number of nitrogens with zero attached hydrogens (tertiary/aromatic N) is 2. The number of nitrogen functional groups attached to an aromatic ring is 1. The Morgan fingerprint density at radius 3 is 2.43 bits per heavy atom. The molecule has 21 heavy (non-hydrogen) atoms. The zero-order valence-corrected chi connectivity index (χ0v) is 13.2. The highest BCUT2D eigenvalue weighted by atomic mass is 16.5. The zero-order chi connectivity index (χ0) is 15.6. The molecule has 1 heterocycles. The van der Waals surface area contributed by atoms with Gasteiger partial charge in [0.15, 0.2) is 0 Å². The summed E-state index contributed by atoms with van der Waals surface area (Å²) < 4.78 is 5.26. The Balaban J connectivity index is 2.31. The van der Waals surface area contributed by atoms with Crippen molar-refractivity contribution in [2.75, 3.05) is 18.2 Å². The van der Waals surface area contributed by atoms with Crippen molar-refractivity contribution in [3.63, 3.8) is 0 Å². The van der Waals surface area contributed by atoms with Crippen molar-refractivity contribution < 1.29 is 4.74 Å².